The number of piperazine rings is 1. The molecule has 0 aliphatic carbocycles. The Bertz CT molecular complexity index is 723. The summed E-state index contributed by atoms with van der Waals surface area (Å²) in [5, 5.41) is 14.6. The Morgan fingerprint density at radius 2 is 1.84 bits per heavy atom. The highest BCUT2D eigenvalue weighted by Crippen LogP contribution is 2.17. The highest BCUT2D eigenvalue weighted by Gasteiger charge is 2.24. The first-order chi connectivity index (χ1) is 12.1. The number of nitrogens with one attached hydrogen (secondary N) is 1. The van der Waals surface area contributed by atoms with Gasteiger partial charge in [-0.25, -0.2) is 0 Å². The van der Waals surface area contributed by atoms with Crippen molar-refractivity contribution in [1.82, 2.24) is 30.4 Å². The molecule has 1 aliphatic rings. The Morgan fingerprint density at radius 1 is 1.12 bits per heavy atom. The lowest BCUT2D eigenvalue weighted by molar-refractivity contribution is -0.131. The molecule has 2 amide bonds. The molecule has 1 aliphatic heterocycles. The van der Waals surface area contributed by atoms with E-state index in [4.69, 9.17) is 0 Å². The largest absolute Gasteiger partial charge is 0.356 e. The molecule has 1 N–H and O–H groups in total. The van der Waals surface area contributed by atoms with Crippen LogP contribution in [-0.2, 0) is 9.59 Å². The number of amides is 2. The quantitative estimate of drug-likeness (QED) is 0.810. The minimum Gasteiger partial charge on any atom is -0.356 e. The first-order valence-electron chi connectivity index (χ1n) is 8.26. The van der Waals surface area contributed by atoms with E-state index in [1.165, 1.54) is 6.92 Å². The third-order valence-corrected chi connectivity index (χ3v) is 4.08. The van der Waals surface area contributed by atoms with E-state index in [1.54, 1.807) is 4.68 Å². The lowest BCUT2D eigenvalue weighted by Gasteiger charge is -2.34. The fraction of sp³-hybridized carbons (Fsp3) is 0.438. The molecule has 0 spiro atoms. The van der Waals surface area contributed by atoms with Gasteiger partial charge in [0.05, 0.1) is 5.69 Å². The molecular formula is C16H21N7O2. The van der Waals surface area contributed by atoms with E-state index in [2.05, 4.69) is 25.7 Å². The summed E-state index contributed by atoms with van der Waals surface area (Å²) in [4.78, 5) is 26.9. The van der Waals surface area contributed by atoms with E-state index in [0.29, 0.717) is 45.1 Å². The van der Waals surface area contributed by atoms with Gasteiger partial charge in [-0.05, 0) is 22.6 Å². The van der Waals surface area contributed by atoms with Crippen molar-refractivity contribution >= 4 is 17.8 Å². The molecule has 1 aromatic heterocycles. The number of tetrazole rings is 1. The van der Waals surface area contributed by atoms with Crippen molar-refractivity contribution in [3.05, 3.63) is 30.3 Å². The third-order valence-electron chi connectivity index (χ3n) is 4.08. The van der Waals surface area contributed by atoms with E-state index in [1.807, 2.05) is 35.2 Å². The summed E-state index contributed by atoms with van der Waals surface area (Å²) in [5.41, 5.74) is 0.899. The number of anilines is 1. The second-order valence-corrected chi connectivity index (χ2v) is 5.83. The Hall–Kier alpha value is -2.97. The molecule has 2 aromatic rings. The third kappa shape index (κ3) is 4.11. The summed E-state index contributed by atoms with van der Waals surface area (Å²) in [5.74, 6) is 0.609. The second-order valence-electron chi connectivity index (χ2n) is 5.83. The summed E-state index contributed by atoms with van der Waals surface area (Å²) in [7, 11) is 0. The maximum atomic E-state index is 12.2. The molecule has 25 heavy (non-hydrogen) atoms. The molecule has 1 aromatic carbocycles. The van der Waals surface area contributed by atoms with Gasteiger partial charge in [0.25, 0.3) is 0 Å². The van der Waals surface area contributed by atoms with Crippen molar-refractivity contribution in [2.24, 2.45) is 0 Å². The average molecular weight is 343 g/mol. The van der Waals surface area contributed by atoms with Crippen LogP contribution in [0, 0.1) is 0 Å². The Morgan fingerprint density at radius 3 is 2.52 bits per heavy atom. The van der Waals surface area contributed by atoms with E-state index in [-0.39, 0.29) is 11.8 Å². The van der Waals surface area contributed by atoms with Crippen molar-refractivity contribution in [2.75, 3.05) is 37.6 Å². The monoisotopic (exact) mass is 343 g/mol. The summed E-state index contributed by atoms with van der Waals surface area (Å²) in [6.07, 6.45) is 0.321. The fourth-order valence-electron chi connectivity index (χ4n) is 2.78. The molecule has 0 atom stereocenters. The lowest BCUT2D eigenvalue weighted by atomic mass is 10.2. The molecule has 1 fully saturated rings. The van der Waals surface area contributed by atoms with Crippen LogP contribution >= 0.6 is 0 Å². The molecule has 0 bridgehead atoms. The van der Waals surface area contributed by atoms with Gasteiger partial charge in [0.2, 0.25) is 17.8 Å². The molecule has 132 valence electrons. The summed E-state index contributed by atoms with van der Waals surface area (Å²) in [6, 6.07) is 9.71. The SMILES string of the molecule is CC(=O)NCCC(=O)N1CCN(c2nnnn2-c2ccccc2)CC1. The molecule has 2 heterocycles. The number of carbonyl (C=O) groups excluding carboxylic acids is 2. The highest BCUT2D eigenvalue weighted by molar-refractivity contribution is 5.78. The van der Waals surface area contributed by atoms with E-state index in [9.17, 15) is 9.59 Å². The predicted octanol–water partition coefficient (Wildman–Crippen LogP) is -0.163. The number of para-hydroxylation sites is 1. The van der Waals surface area contributed by atoms with Gasteiger partial charge in [0, 0.05) is 46.1 Å². The van der Waals surface area contributed by atoms with Crippen LogP contribution in [0.2, 0.25) is 0 Å². The van der Waals surface area contributed by atoms with Gasteiger partial charge in [0.1, 0.15) is 0 Å². The van der Waals surface area contributed by atoms with Crippen LogP contribution in [0.1, 0.15) is 13.3 Å². The second kappa shape index (κ2) is 7.73. The van der Waals surface area contributed by atoms with Crippen LogP contribution in [0.4, 0.5) is 5.95 Å². The molecule has 9 heteroatoms. The first-order valence-corrected chi connectivity index (χ1v) is 8.26. The van der Waals surface area contributed by atoms with Crippen LogP contribution < -0.4 is 10.2 Å². The number of aromatic nitrogens is 4. The number of hydrogen-bond donors (Lipinski definition) is 1. The van der Waals surface area contributed by atoms with E-state index in [0.717, 1.165) is 5.69 Å². The van der Waals surface area contributed by atoms with Crippen LogP contribution in [0.5, 0.6) is 0 Å². The molecule has 0 saturated carbocycles. The van der Waals surface area contributed by atoms with Crippen molar-refractivity contribution in [3.63, 3.8) is 0 Å². The molecule has 9 nitrogen and oxygen atoms in total. The van der Waals surface area contributed by atoms with Crippen LogP contribution in [0.15, 0.2) is 30.3 Å². The Kier molecular flexibility index (Phi) is 5.22. The number of carbonyl (C=O) groups is 2. The zero-order chi connectivity index (χ0) is 17.6. The zero-order valence-corrected chi connectivity index (χ0v) is 14.1. The van der Waals surface area contributed by atoms with E-state index < -0.39 is 0 Å². The maximum absolute atomic E-state index is 12.2. The van der Waals surface area contributed by atoms with Gasteiger partial charge in [-0.1, -0.05) is 23.3 Å². The minimum absolute atomic E-state index is 0.0519. The lowest BCUT2D eigenvalue weighted by Crippen LogP contribution is -2.50. The summed E-state index contributed by atoms with van der Waals surface area (Å²) in [6.45, 7) is 4.38. The van der Waals surface area contributed by atoms with Gasteiger partial charge in [0.15, 0.2) is 0 Å². The van der Waals surface area contributed by atoms with Crippen molar-refractivity contribution in [1.29, 1.82) is 0 Å². The summed E-state index contributed by atoms with van der Waals surface area (Å²) < 4.78 is 1.70. The molecular weight excluding hydrogens is 322 g/mol. The minimum atomic E-state index is -0.120. The van der Waals surface area contributed by atoms with Crippen molar-refractivity contribution in [2.45, 2.75) is 13.3 Å². The van der Waals surface area contributed by atoms with Gasteiger partial charge in [-0.3, -0.25) is 9.59 Å². The number of nitrogens with zero attached hydrogens (tertiary/aromatic N) is 6. The van der Waals surface area contributed by atoms with Crippen LogP contribution in [-0.4, -0.2) is 69.6 Å². The maximum Gasteiger partial charge on any atom is 0.250 e. The van der Waals surface area contributed by atoms with Gasteiger partial charge in [-0.15, -0.1) is 0 Å². The zero-order valence-electron chi connectivity index (χ0n) is 14.1. The van der Waals surface area contributed by atoms with E-state index >= 15 is 0 Å². The van der Waals surface area contributed by atoms with Crippen LogP contribution in [0.3, 0.4) is 0 Å². The van der Waals surface area contributed by atoms with Gasteiger partial charge < -0.3 is 15.1 Å². The van der Waals surface area contributed by atoms with Gasteiger partial charge >= 0.3 is 0 Å². The van der Waals surface area contributed by atoms with Crippen LogP contribution in [0.25, 0.3) is 5.69 Å². The van der Waals surface area contributed by atoms with Crippen molar-refractivity contribution < 1.29 is 9.59 Å². The first kappa shape index (κ1) is 16.9. The number of rotatable bonds is 5. The van der Waals surface area contributed by atoms with Gasteiger partial charge in [-0.2, -0.15) is 4.68 Å². The Balaban J connectivity index is 1.57. The highest BCUT2D eigenvalue weighted by atomic mass is 16.2. The number of benzene rings is 1. The predicted molar refractivity (Wildman–Crippen MR) is 91.2 cm³/mol. The molecule has 0 radical (unpaired) electrons. The fourth-order valence-corrected chi connectivity index (χ4v) is 2.78. The smallest absolute Gasteiger partial charge is 0.250 e. The topological polar surface area (TPSA) is 96.2 Å². The Labute approximate surface area is 145 Å². The average Bonchev–Trinajstić information content (AvgIpc) is 3.12. The molecule has 3 rings (SSSR count). The van der Waals surface area contributed by atoms with Crippen molar-refractivity contribution in [3.8, 4) is 5.69 Å². The normalized spacial score (nSPS) is 14.4. The molecule has 1 saturated heterocycles. The summed E-state index contributed by atoms with van der Waals surface area (Å²) >= 11 is 0. The standard InChI is InChI=1S/C16H21N7O2/c1-13(24)17-8-7-15(25)21-9-11-22(12-10-21)16-18-19-20-23(16)14-5-3-2-4-6-14/h2-6H,7-12H2,1H3,(H,17,24). The number of hydrogen-bond acceptors (Lipinski definition) is 6. The molecule has 0 unspecified atom stereocenters.